The average molecular weight is 492 g/mol. The van der Waals surface area contributed by atoms with Gasteiger partial charge in [0.2, 0.25) is 11.7 Å². The van der Waals surface area contributed by atoms with Crippen molar-refractivity contribution in [2.24, 2.45) is 11.8 Å². The van der Waals surface area contributed by atoms with Crippen LogP contribution in [0.1, 0.15) is 24.8 Å². The molecule has 0 aliphatic carbocycles. The standard InChI is InChI=1S/C27H33N5O4/c1-35-24-7-5-21(6-8-24)25-29-27(36-30-25)32-13-10-22(11-14-32)26(34)28-16-20-9-12-31(18-20)17-19-3-2-4-23(33)15-19/h2-8,15,20,22,33H,9-14,16-18H2,1H3,(H,28,34). The molecule has 9 nitrogen and oxygen atoms in total. The molecular weight excluding hydrogens is 458 g/mol. The van der Waals surface area contributed by atoms with Crippen molar-refractivity contribution in [2.75, 3.05) is 44.7 Å². The summed E-state index contributed by atoms with van der Waals surface area (Å²) in [5.74, 6) is 2.24. The van der Waals surface area contributed by atoms with Crippen LogP contribution in [0.25, 0.3) is 11.4 Å². The zero-order valence-electron chi connectivity index (χ0n) is 20.6. The lowest BCUT2D eigenvalue weighted by molar-refractivity contribution is -0.125. The van der Waals surface area contributed by atoms with Crippen molar-refractivity contribution >= 4 is 11.9 Å². The van der Waals surface area contributed by atoms with Crippen molar-refractivity contribution in [3.63, 3.8) is 0 Å². The number of aromatic hydroxyl groups is 1. The summed E-state index contributed by atoms with van der Waals surface area (Å²) in [6.45, 7) is 4.93. The summed E-state index contributed by atoms with van der Waals surface area (Å²) in [5.41, 5.74) is 1.98. The van der Waals surface area contributed by atoms with E-state index in [9.17, 15) is 9.90 Å². The van der Waals surface area contributed by atoms with Gasteiger partial charge in [0.1, 0.15) is 11.5 Å². The summed E-state index contributed by atoms with van der Waals surface area (Å²) in [6, 6.07) is 15.5. The van der Waals surface area contributed by atoms with Crippen molar-refractivity contribution in [3.8, 4) is 22.9 Å². The monoisotopic (exact) mass is 491 g/mol. The van der Waals surface area contributed by atoms with Gasteiger partial charge in [0.25, 0.3) is 0 Å². The topological polar surface area (TPSA) is 104 Å². The average Bonchev–Trinajstić information content (AvgIpc) is 3.58. The summed E-state index contributed by atoms with van der Waals surface area (Å²) in [7, 11) is 1.63. The molecule has 1 aromatic heterocycles. The number of anilines is 1. The number of phenols is 1. The summed E-state index contributed by atoms with van der Waals surface area (Å²) in [4.78, 5) is 21.8. The second-order valence-corrected chi connectivity index (χ2v) is 9.70. The van der Waals surface area contributed by atoms with E-state index in [1.807, 2.05) is 42.5 Å². The number of carbonyl (C=O) groups is 1. The highest BCUT2D eigenvalue weighted by molar-refractivity contribution is 5.79. The van der Waals surface area contributed by atoms with Gasteiger partial charge < -0.3 is 24.6 Å². The molecule has 0 saturated carbocycles. The third-order valence-electron chi connectivity index (χ3n) is 7.15. The first kappa shape index (κ1) is 24.1. The Bertz CT molecular complexity index is 1160. The number of phenolic OH excluding ortho intramolecular Hbond substituents is 1. The molecule has 1 atom stereocenters. The largest absolute Gasteiger partial charge is 0.508 e. The van der Waals surface area contributed by atoms with Crippen LogP contribution in [0.4, 0.5) is 6.01 Å². The van der Waals surface area contributed by atoms with Crippen LogP contribution in [0.3, 0.4) is 0 Å². The quantitative estimate of drug-likeness (QED) is 0.495. The van der Waals surface area contributed by atoms with Crippen LogP contribution in [-0.2, 0) is 11.3 Å². The van der Waals surface area contributed by atoms with Crippen LogP contribution in [-0.4, -0.2) is 65.9 Å². The number of carbonyl (C=O) groups excluding carboxylic acids is 1. The molecule has 5 rings (SSSR count). The smallest absolute Gasteiger partial charge is 0.324 e. The van der Waals surface area contributed by atoms with E-state index in [1.54, 1.807) is 13.2 Å². The second kappa shape index (κ2) is 11.0. The number of methoxy groups -OCH3 is 1. The molecule has 3 aromatic rings. The first-order valence-corrected chi connectivity index (χ1v) is 12.6. The molecule has 2 aromatic carbocycles. The van der Waals surface area contributed by atoms with Crippen LogP contribution < -0.4 is 15.0 Å². The van der Waals surface area contributed by atoms with E-state index >= 15 is 0 Å². The minimum absolute atomic E-state index is 0.00929. The van der Waals surface area contributed by atoms with Crippen molar-refractivity contribution in [2.45, 2.75) is 25.8 Å². The zero-order valence-corrected chi connectivity index (χ0v) is 20.6. The Morgan fingerprint density at radius 3 is 2.69 bits per heavy atom. The zero-order chi connectivity index (χ0) is 24.9. The maximum atomic E-state index is 12.8. The van der Waals surface area contributed by atoms with Gasteiger partial charge in [0, 0.05) is 44.2 Å². The number of rotatable bonds is 8. The van der Waals surface area contributed by atoms with E-state index in [-0.39, 0.29) is 11.8 Å². The summed E-state index contributed by atoms with van der Waals surface area (Å²) >= 11 is 0. The number of aromatic nitrogens is 2. The Kier molecular flexibility index (Phi) is 7.36. The maximum Gasteiger partial charge on any atom is 0.324 e. The molecule has 2 saturated heterocycles. The lowest BCUT2D eigenvalue weighted by Crippen LogP contribution is -2.42. The van der Waals surface area contributed by atoms with Crippen LogP contribution in [0.5, 0.6) is 11.5 Å². The van der Waals surface area contributed by atoms with E-state index in [1.165, 1.54) is 0 Å². The third kappa shape index (κ3) is 5.79. The van der Waals surface area contributed by atoms with Crippen LogP contribution in [0, 0.1) is 11.8 Å². The Hall–Kier alpha value is -3.59. The SMILES string of the molecule is COc1ccc(-c2noc(N3CCC(C(=O)NCC4CCN(Cc5cccc(O)c5)C4)CC3)n2)cc1. The fraction of sp³-hybridized carbons (Fsp3) is 0.444. The number of nitrogens with one attached hydrogen (secondary N) is 1. The van der Waals surface area contributed by atoms with Gasteiger partial charge in [0.05, 0.1) is 7.11 Å². The number of benzene rings is 2. The number of hydrogen-bond acceptors (Lipinski definition) is 8. The highest BCUT2D eigenvalue weighted by atomic mass is 16.5. The van der Waals surface area contributed by atoms with Crippen LogP contribution in [0.2, 0.25) is 0 Å². The van der Waals surface area contributed by atoms with E-state index in [4.69, 9.17) is 9.26 Å². The van der Waals surface area contributed by atoms with Gasteiger partial charge in [-0.2, -0.15) is 4.98 Å². The fourth-order valence-electron chi connectivity index (χ4n) is 5.06. The van der Waals surface area contributed by atoms with Gasteiger partial charge in [-0.05, 0) is 73.7 Å². The van der Waals surface area contributed by atoms with E-state index in [2.05, 4.69) is 25.3 Å². The molecule has 0 spiro atoms. The highest BCUT2D eigenvalue weighted by Gasteiger charge is 2.29. The lowest BCUT2D eigenvalue weighted by atomic mass is 9.96. The Morgan fingerprint density at radius 1 is 1.14 bits per heavy atom. The molecule has 9 heteroatoms. The van der Waals surface area contributed by atoms with Crippen molar-refractivity contribution in [1.29, 1.82) is 0 Å². The molecular formula is C27H33N5O4. The van der Waals surface area contributed by atoms with Crippen LogP contribution >= 0.6 is 0 Å². The van der Waals surface area contributed by atoms with Crippen LogP contribution in [0.15, 0.2) is 53.1 Å². The van der Waals surface area contributed by atoms with Gasteiger partial charge in [-0.1, -0.05) is 17.3 Å². The normalized spacial score (nSPS) is 18.9. The van der Waals surface area contributed by atoms with Gasteiger partial charge in [-0.15, -0.1) is 0 Å². The molecule has 1 unspecified atom stereocenters. The van der Waals surface area contributed by atoms with Gasteiger partial charge in [-0.25, -0.2) is 0 Å². The Balaban J connectivity index is 1.05. The second-order valence-electron chi connectivity index (χ2n) is 9.70. The maximum absolute atomic E-state index is 12.8. The highest BCUT2D eigenvalue weighted by Crippen LogP contribution is 2.26. The number of hydrogen-bond donors (Lipinski definition) is 2. The van der Waals surface area contributed by atoms with Crippen molar-refractivity contribution in [1.82, 2.24) is 20.4 Å². The fourth-order valence-corrected chi connectivity index (χ4v) is 5.06. The number of likely N-dealkylation sites (tertiary alicyclic amines) is 1. The Labute approximate surface area is 211 Å². The molecule has 2 aliphatic rings. The third-order valence-corrected chi connectivity index (χ3v) is 7.15. The predicted molar refractivity (Wildman–Crippen MR) is 136 cm³/mol. The molecule has 36 heavy (non-hydrogen) atoms. The van der Waals surface area contributed by atoms with Crippen molar-refractivity contribution in [3.05, 3.63) is 54.1 Å². The molecule has 2 fully saturated rings. The molecule has 2 aliphatic heterocycles. The first-order valence-electron chi connectivity index (χ1n) is 12.6. The lowest BCUT2D eigenvalue weighted by Gasteiger charge is -2.30. The number of ether oxygens (including phenoxy) is 1. The van der Waals surface area contributed by atoms with E-state index < -0.39 is 0 Å². The summed E-state index contributed by atoms with van der Waals surface area (Å²) in [6.07, 6.45) is 2.60. The Morgan fingerprint density at radius 2 is 1.94 bits per heavy atom. The molecule has 1 amide bonds. The van der Waals surface area contributed by atoms with E-state index in [0.29, 0.717) is 43.1 Å². The molecule has 0 radical (unpaired) electrons. The molecule has 0 bridgehead atoms. The van der Waals surface area contributed by atoms with Crippen molar-refractivity contribution < 1.29 is 19.2 Å². The summed E-state index contributed by atoms with van der Waals surface area (Å²) < 4.78 is 10.7. The first-order chi connectivity index (χ1) is 17.6. The molecule has 190 valence electrons. The molecule has 3 heterocycles. The summed E-state index contributed by atoms with van der Waals surface area (Å²) in [5, 5.41) is 17.0. The predicted octanol–water partition coefficient (Wildman–Crippen LogP) is 3.31. The molecule has 2 N–H and O–H groups in total. The number of piperidine rings is 1. The number of nitrogens with zero attached hydrogens (tertiary/aromatic N) is 4. The van der Waals surface area contributed by atoms with E-state index in [0.717, 1.165) is 55.8 Å². The number of amides is 1. The van der Waals surface area contributed by atoms with Gasteiger partial charge >= 0.3 is 6.01 Å². The minimum Gasteiger partial charge on any atom is -0.508 e. The van der Waals surface area contributed by atoms with Gasteiger partial charge in [-0.3, -0.25) is 9.69 Å². The minimum atomic E-state index is 0.00929. The van der Waals surface area contributed by atoms with Gasteiger partial charge in [0.15, 0.2) is 0 Å².